The van der Waals surface area contributed by atoms with E-state index in [0.717, 1.165) is 0 Å². The molecule has 0 saturated carbocycles. The smallest absolute Gasteiger partial charge is 0.0718 e. The molecule has 3 heteroatoms. The lowest BCUT2D eigenvalue weighted by Crippen LogP contribution is -2.40. The fourth-order valence-corrected chi connectivity index (χ4v) is 2.08. The summed E-state index contributed by atoms with van der Waals surface area (Å²) in [6, 6.07) is 8.55. The first kappa shape index (κ1) is 14.2. The number of nitrogens with two attached hydrogens (primary N) is 1. The van der Waals surface area contributed by atoms with Gasteiger partial charge in [0.2, 0.25) is 0 Å². The Morgan fingerprint density at radius 1 is 1.29 bits per heavy atom. The van der Waals surface area contributed by atoms with Crippen LogP contribution in [0, 0.1) is 6.92 Å². The Bertz CT molecular complexity index is 340. The van der Waals surface area contributed by atoms with Crippen molar-refractivity contribution in [2.45, 2.75) is 32.4 Å². The van der Waals surface area contributed by atoms with Crippen LogP contribution in [-0.4, -0.2) is 35.7 Å². The zero-order valence-electron chi connectivity index (χ0n) is 11.3. The molecule has 0 saturated heterocycles. The Morgan fingerprint density at radius 3 is 2.24 bits per heavy atom. The molecule has 0 fully saturated rings. The first-order chi connectivity index (χ1) is 7.83. The minimum absolute atomic E-state index is 0.155. The van der Waals surface area contributed by atoms with Gasteiger partial charge in [-0.1, -0.05) is 29.8 Å². The van der Waals surface area contributed by atoms with E-state index < -0.39 is 5.60 Å². The van der Waals surface area contributed by atoms with Crippen LogP contribution >= 0.6 is 0 Å². The van der Waals surface area contributed by atoms with E-state index in [2.05, 4.69) is 36.1 Å². The summed E-state index contributed by atoms with van der Waals surface area (Å²) < 4.78 is 0. The number of hydrogen-bond donors (Lipinski definition) is 2. The van der Waals surface area contributed by atoms with E-state index >= 15 is 0 Å². The van der Waals surface area contributed by atoms with Gasteiger partial charge in [-0.25, -0.2) is 0 Å². The van der Waals surface area contributed by atoms with Gasteiger partial charge in [0, 0.05) is 19.1 Å². The van der Waals surface area contributed by atoms with Crippen LogP contribution in [0.3, 0.4) is 0 Å². The van der Waals surface area contributed by atoms with Crippen molar-refractivity contribution in [3.8, 4) is 0 Å². The predicted octanol–water partition coefficient (Wildman–Crippen LogP) is 1.70. The Kier molecular flexibility index (Phi) is 4.69. The molecule has 0 amide bonds. The number of rotatable bonds is 5. The van der Waals surface area contributed by atoms with Crippen molar-refractivity contribution in [2.24, 2.45) is 5.73 Å². The van der Waals surface area contributed by atoms with Gasteiger partial charge in [0.25, 0.3) is 0 Å². The van der Waals surface area contributed by atoms with Crippen molar-refractivity contribution >= 4 is 0 Å². The molecule has 0 spiro atoms. The van der Waals surface area contributed by atoms with Gasteiger partial charge in [-0.05, 0) is 33.4 Å². The average Bonchev–Trinajstić information content (AvgIpc) is 2.19. The highest BCUT2D eigenvalue weighted by Gasteiger charge is 2.22. The number of hydrogen-bond acceptors (Lipinski definition) is 3. The number of nitrogens with zero attached hydrogens (tertiary/aromatic N) is 1. The molecule has 1 rings (SSSR count). The summed E-state index contributed by atoms with van der Waals surface area (Å²) >= 11 is 0. The van der Waals surface area contributed by atoms with Crippen molar-refractivity contribution in [1.82, 2.24) is 4.90 Å². The Labute approximate surface area is 104 Å². The molecular weight excluding hydrogens is 212 g/mol. The highest BCUT2D eigenvalue weighted by atomic mass is 16.3. The standard InChI is InChI=1S/C14H24N2O/c1-11-5-7-12(8-6-11)13(9-15)16(4)10-14(2,3)17/h5-8,13,17H,9-10,15H2,1-4H3. The average molecular weight is 236 g/mol. The van der Waals surface area contributed by atoms with Crippen LogP contribution in [0.15, 0.2) is 24.3 Å². The maximum atomic E-state index is 9.84. The van der Waals surface area contributed by atoms with Gasteiger partial charge in [0.1, 0.15) is 0 Å². The SMILES string of the molecule is Cc1ccc(C(CN)N(C)CC(C)(C)O)cc1. The first-order valence-electron chi connectivity index (χ1n) is 6.03. The molecule has 1 unspecified atom stereocenters. The van der Waals surface area contributed by atoms with Gasteiger partial charge < -0.3 is 10.8 Å². The van der Waals surface area contributed by atoms with Gasteiger partial charge in [-0.15, -0.1) is 0 Å². The Morgan fingerprint density at radius 2 is 1.82 bits per heavy atom. The van der Waals surface area contributed by atoms with Gasteiger partial charge in [-0.3, -0.25) is 4.90 Å². The molecule has 0 radical (unpaired) electrons. The van der Waals surface area contributed by atoms with Crippen LogP contribution in [-0.2, 0) is 0 Å². The minimum Gasteiger partial charge on any atom is -0.389 e. The van der Waals surface area contributed by atoms with Crippen LogP contribution in [0.2, 0.25) is 0 Å². The van der Waals surface area contributed by atoms with E-state index in [1.807, 2.05) is 20.9 Å². The van der Waals surface area contributed by atoms with Crippen LogP contribution in [0.4, 0.5) is 0 Å². The largest absolute Gasteiger partial charge is 0.389 e. The monoisotopic (exact) mass is 236 g/mol. The van der Waals surface area contributed by atoms with Crippen molar-refractivity contribution in [3.63, 3.8) is 0 Å². The lowest BCUT2D eigenvalue weighted by molar-refractivity contribution is 0.0321. The third-order valence-corrected chi connectivity index (χ3v) is 2.85. The molecule has 0 heterocycles. The van der Waals surface area contributed by atoms with Crippen LogP contribution in [0.25, 0.3) is 0 Å². The van der Waals surface area contributed by atoms with Crippen LogP contribution in [0.5, 0.6) is 0 Å². The van der Waals surface area contributed by atoms with E-state index in [1.165, 1.54) is 11.1 Å². The van der Waals surface area contributed by atoms with Crippen molar-refractivity contribution in [2.75, 3.05) is 20.1 Å². The summed E-state index contributed by atoms with van der Waals surface area (Å²) in [7, 11) is 2.00. The van der Waals surface area contributed by atoms with Gasteiger partial charge in [0.15, 0.2) is 0 Å². The van der Waals surface area contributed by atoms with Gasteiger partial charge in [-0.2, -0.15) is 0 Å². The number of benzene rings is 1. The molecule has 0 aliphatic heterocycles. The quantitative estimate of drug-likeness (QED) is 0.818. The summed E-state index contributed by atoms with van der Waals surface area (Å²) in [5, 5.41) is 9.84. The molecule has 0 aliphatic rings. The zero-order valence-corrected chi connectivity index (χ0v) is 11.3. The third-order valence-electron chi connectivity index (χ3n) is 2.85. The molecule has 0 bridgehead atoms. The first-order valence-corrected chi connectivity index (χ1v) is 6.03. The summed E-state index contributed by atoms with van der Waals surface area (Å²) in [5.74, 6) is 0. The zero-order chi connectivity index (χ0) is 13.1. The van der Waals surface area contributed by atoms with E-state index in [1.54, 1.807) is 0 Å². The summed E-state index contributed by atoms with van der Waals surface area (Å²) in [6.07, 6.45) is 0. The van der Waals surface area contributed by atoms with Gasteiger partial charge in [0.05, 0.1) is 5.60 Å². The minimum atomic E-state index is -0.702. The Balaban J connectivity index is 2.80. The Hall–Kier alpha value is -0.900. The van der Waals surface area contributed by atoms with Crippen molar-refractivity contribution in [3.05, 3.63) is 35.4 Å². The second-order valence-corrected chi connectivity index (χ2v) is 5.39. The molecular formula is C14H24N2O. The van der Waals surface area contributed by atoms with Crippen molar-refractivity contribution in [1.29, 1.82) is 0 Å². The third kappa shape index (κ3) is 4.46. The van der Waals surface area contributed by atoms with E-state index in [9.17, 15) is 5.11 Å². The number of aliphatic hydroxyl groups is 1. The van der Waals surface area contributed by atoms with E-state index in [0.29, 0.717) is 13.1 Å². The molecule has 3 nitrogen and oxygen atoms in total. The molecule has 17 heavy (non-hydrogen) atoms. The van der Waals surface area contributed by atoms with Gasteiger partial charge >= 0.3 is 0 Å². The number of aryl methyl sites for hydroxylation is 1. The van der Waals surface area contributed by atoms with Crippen LogP contribution < -0.4 is 5.73 Å². The number of likely N-dealkylation sites (N-methyl/N-ethyl adjacent to an activating group) is 1. The summed E-state index contributed by atoms with van der Waals surface area (Å²) in [4.78, 5) is 2.10. The van der Waals surface area contributed by atoms with Crippen molar-refractivity contribution < 1.29 is 5.11 Å². The second kappa shape index (κ2) is 5.63. The lowest BCUT2D eigenvalue weighted by atomic mass is 10.0. The lowest BCUT2D eigenvalue weighted by Gasteiger charge is -2.32. The molecule has 1 atom stereocenters. The summed E-state index contributed by atoms with van der Waals surface area (Å²) in [5.41, 5.74) is 7.58. The maximum Gasteiger partial charge on any atom is 0.0718 e. The molecule has 3 N–H and O–H groups in total. The van der Waals surface area contributed by atoms with Crippen LogP contribution in [0.1, 0.15) is 31.0 Å². The molecule has 0 aromatic heterocycles. The molecule has 0 aliphatic carbocycles. The molecule has 1 aromatic rings. The highest BCUT2D eigenvalue weighted by Crippen LogP contribution is 2.20. The molecule has 96 valence electrons. The fraction of sp³-hybridized carbons (Fsp3) is 0.571. The van der Waals surface area contributed by atoms with E-state index in [4.69, 9.17) is 5.73 Å². The maximum absolute atomic E-state index is 9.84. The highest BCUT2D eigenvalue weighted by molar-refractivity contribution is 5.24. The topological polar surface area (TPSA) is 49.5 Å². The normalized spacial score (nSPS) is 14.1. The molecule has 1 aromatic carbocycles. The van der Waals surface area contributed by atoms with E-state index in [-0.39, 0.29) is 6.04 Å². The summed E-state index contributed by atoms with van der Waals surface area (Å²) in [6.45, 7) is 6.85. The second-order valence-electron chi connectivity index (χ2n) is 5.39. The fourth-order valence-electron chi connectivity index (χ4n) is 2.08. The predicted molar refractivity (Wildman–Crippen MR) is 71.9 cm³/mol.